The van der Waals surface area contributed by atoms with Crippen molar-refractivity contribution in [1.29, 1.82) is 0 Å². The Kier molecular flexibility index (Phi) is 3.99. The molecule has 1 aromatic carbocycles. The Morgan fingerprint density at radius 3 is 2.67 bits per heavy atom. The van der Waals surface area contributed by atoms with E-state index in [9.17, 15) is 8.42 Å². The van der Waals surface area contributed by atoms with E-state index in [0.29, 0.717) is 18.2 Å². The maximum atomic E-state index is 11.3. The summed E-state index contributed by atoms with van der Waals surface area (Å²) in [6, 6.07) is 6.27. The van der Waals surface area contributed by atoms with Crippen LogP contribution in [0.25, 0.3) is 0 Å². The summed E-state index contributed by atoms with van der Waals surface area (Å²) in [5, 5.41) is 4.69. The summed E-state index contributed by atoms with van der Waals surface area (Å²) in [7, 11) is -3.41. The van der Waals surface area contributed by atoms with Crippen LogP contribution in [0.4, 0.5) is 0 Å². The Morgan fingerprint density at radius 1 is 1.39 bits per heavy atom. The van der Waals surface area contributed by atoms with E-state index < -0.39 is 15.3 Å². The Morgan fingerprint density at radius 2 is 2.06 bits per heavy atom. The molecule has 5 heteroatoms. The molecule has 0 aromatic heterocycles. The third kappa shape index (κ3) is 3.05. The monoisotopic (exact) mass is 287 g/mol. The molecule has 0 spiro atoms. The lowest BCUT2D eigenvalue weighted by atomic mass is 10.0. The number of halogens is 1. The number of rotatable bonds is 4. The molecule has 2 rings (SSSR count). The van der Waals surface area contributed by atoms with E-state index >= 15 is 0 Å². The van der Waals surface area contributed by atoms with E-state index in [4.69, 9.17) is 16.7 Å². The highest BCUT2D eigenvalue weighted by Gasteiger charge is 2.26. The highest BCUT2D eigenvalue weighted by molar-refractivity contribution is 7.89. The van der Waals surface area contributed by atoms with Gasteiger partial charge in [0.1, 0.15) is 0 Å². The van der Waals surface area contributed by atoms with Crippen LogP contribution < -0.4 is 5.14 Å². The van der Waals surface area contributed by atoms with Crippen molar-refractivity contribution < 1.29 is 8.42 Å². The van der Waals surface area contributed by atoms with Crippen LogP contribution in [0.5, 0.6) is 0 Å². The average Bonchev–Trinajstić information content (AvgIpc) is 2.68. The van der Waals surface area contributed by atoms with E-state index in [1.807, 2.05) is 6.07 Å². The van der Waals surface area contributed by atoms with Crippen molar-refractivity contribution in [3.8, 4) is 0 Å². The van der Waals surface area contributed by atoms with Gasteiger partial charge in [-0.2, -0.15) is 0 Å². The molecule has 0 aliphatic heterocycles. The molecule has 1 aromatic rings. The van der Waals surface area contributed by atoms with E-state index in [2.05, 4.69) is 12.1 Å². The van der Waals surface area contributed by atoms with Gasteiger partial charge >= 0.3 is 0 Å². The lowest BCUT2D eigenvalue weighted by Gasteiger charge is -2.13. The highest BCUT2D eigenvalue weighted by Crippen LogP contribution is 2.31. The number of benzene rings is 1. The van der Waals surface area contributed by atoms with Crippen LogP contribution in [0.1, 0.15) is 30.0 Å². The molecular weight excluding hydrogens is 270 g/mol. The molecule has 100 valence electrons. The lowest BCUT2D eigenvalue weighted by molar-refractivity contribution is 0.493. The number of fused-ring (bicyclic) bond motifs is 1. The highest BCUT2D eigenvalue weighted by atomic mass is 35.5. The lowest BCUT2D eigenvalue weighted by Crippen LogP contribution is -2.28. The van der Waals surface area contributed by atoms with Gasteiger partial charge in [0.05, 0.1) is 5.25 Å². The molecule has 2 unspecified atom stereocenters. The zero-order valence-corrected chi connectivity index (χ0v) is 12.0. The first-order valence-corrected chi connectivity index (χ1v) is 8.23. The number of primary sulfonamides is 1. The largest absolute Gasteiger partial charge is 0.228 e. The molecule has 2 atom stereocenters. The van der Waals surface area contributed by atoms with Gasteiger partial charge in [-0.3, -0.25) is 0 Å². The molecule has 0 fully saturated rings. The second kappa shape index (κ2) is 5.19. The normalized spacial score (nSPS) is 20.7. The van der Waals surface area contributed by atoms with Crippen molar-refractivity contribution in [2.75, 3.05) is 0 Å². The molecule has 0 heterocycles. The van der Waals surface area contributed by atoms with E-state index in [-0.39, 0.29) is 0 Å². The minimum Gasteiger partial charge on any atom is -0.228 e. The summed E-state index contributed by atoms with van der Waals surface area (Å²) >= 11 is 5.81. The van der Waals surface area contributed by atoms with Gasteiger partial charge in [-0.15, -0.1) is 11.6 Å². The van der Waals surface area contributed by atoms with Crippen LogP contribution >= 0.6 is 11.6 Å². The molecule has 0 bridgehead atoms. The van der Waals surface area contributed by atoms with Crippen LogP contribution in [-0.2, 0) is 28.7 Å². The summed E-state index contributed by atoms with van der Waals surface area (Å²) in [5.74, 6) is 0.893. The summed E-state index contributed by atoms with van der Waals surface area (Å²) < 4.78 is 22.5. The third-order valence-corrected chi connectivity index (χ3v) is 5.29. The Labute approximate surface area is 113 Å². The second-order valence-corrected chi connectivity index (χ2v) is 7.40. The second-order valence-electron chi connectivity index (χ2n) is 5.15. The minimum absolute atomic E-state index is 0.374. The van der Waals surface area contributed by atoms with Crippen molar-refractivity contribution >= 4 is 21.6 Å². The number of alkyl halides is 1. The standard InChI is InChI=1S/C13H18ClNO2S/c1-9(18(15,16)17)4-11-6-12-3-2-10(8-14)5-13(12)7-11/h2-3,5,9,11H,4,6-8H2,1H3,(H2,15,16,17). The maximum absolute atomic E-state index is 11.3. The molecule has 3 nitrogen and oxygen atoms in total. The zero-order valence-electron chi connectivity index (χ0n) is 10.4. The first-order valence-electron chi connectivity index (χ1n) is 6.08. The summed E-state index contributed by atoms with van der Waals surface area (Å²) in [6.45, 7) is 1.68. The Balaban J connectivity index is 2.06. The van der Waals surface area contributed by atoms with Crippen LogP contribution in [0.2, 0.25) is 0 Å². The molecule has 2 N–H and O–H groups in total. The fourth-order valence-electron chi connectivity index (χ4n) is 2.62. The van der Waals surface area contributed by atoms with Gasteiger partial charge in [0.15, 0.2) is 0 Å². The molecule has 0 saturated carbocycles. The average molecular weight is 288 g/mol. The number of sulfonamides is 1. The number of nitrogens with two attached hydrogens (primary N) is 1. The fraction of sp³-hybridized carbons (Fsp3) is 0.538. The first-order chi connectivity index (χ1) is 8.40. The van der Waals surface area contributed by atoms with Crippen LogP contribution in [0, 0.1) is 5.92 Å². The van der Waals surface area contributed by atoms with Gasteiger partial charge < -0.3 is 0 Å². The summed E-state index contributed by atoms with van der Waals surface area (Å²) in [5.41, 5.74) is 3.74. The number of hydrogen-bond acceptors (Lipinski definition) is 2. The zero-order chi connectivity index (χ0) is 13.3. The number of hydrogen-bond donors (Lipinski definition) is 1. The Bertz CT molecular complexity index is 542. The molecule has 1 aliphatic rings. The van der Waals surface area contributed by atoms with Crippen LogP contribution in [-0.4, -0.2) is 13.7 Å². The van der Waals surface area contributed by atoms with Gasteiger partial charge in [-0.05, 0) is 48.8 Å². The van der Waals surface area contributed by atoms with Crippen LogP contribution in [0.3, 0.4) is 0 Å². The predicted molar refractivity (Wildman–Crippen MR) is 74.1 cm³/mol. The van der Waals surface area contributed by atoms with Crippen molar-refractivity contribution in [2.45, 2.75) is 37.3 Å². The topological polar surface area (TPSA) is 60.2 Å². The van der Waals surface area contributed by atoms with Gasteiger partial charge in [0.25, 0.3) is 0 Å². The van der Waals surface area contributed by atoms with E-state index in [1.54, 1.807) is 6.92 Å². The van der Waals surface area contributed by atoms with Gasteiger partial charge in [-0.1, -0.05) is 18.2 Å². The predicted octanol–water partition coefficient (Wildman–Crippen LogP) is 2.21. The SMILES string of the molecule is CC(CC1Cc2ccc(CCl)cc2C1)S(N)(=O)=O. The van der Waals surface area contributed by atoms with Gasteiger partial charge in [0, 0.05) is 5.88 Å². The molecule has 18 heavy (non-hydrogen) atoms. The first kappa shape index (κ1) is 13.8. The van der Waals surface area contributed by atoms with Crippen molar-refractivity contribution in [3.05, 3.63) is 34.9 Å². The van der Waals surface area contributed by atoms with Crippen molar-refractivity contribution in [3.63, 3.8) is 0 Å². The van der Waals surface area contributed by atoms with Crippen LogP contribution in [0.15, 0.2) is 18.2 Å². The fourth-order valence-corrected chi connectivity index (χ4v) is 3.32. The third-order valence-electron chi connectivity index (χ3n) is 3.67. The minimum atomic E-state index is -3.41. The molecule has 0 radical (unpaired) electrons. The molecule has 1 aliphatic carbocycles. The summed E-state index contributed by atoms with van der Waals surface area (Å²) in [6.07, 6.45) is 2.50. The van der Waals surface area contributed by atoms with E-state index in [1.165, 1.54) is 11.1 Å². The molecular formula is C13H18ClNO2S. The molecule has 0 amide bonds. The van der Waals surface area contributed by atoms with Crippen molar-refractivity contribution in [1.82, 2.24) is 0 Å². The van der Waals surface area contributed by atoms with Gasteiger partial charge in [-0.25, -0.2) is 13.6 Å². The Hall–Kier alpha value is -0.580. The molecule has 0 saturated heterocycles. The summed E-state index contributed by atoms with van der Waals surface area (Å²) in [4.78, 5) is 0. The van der Waals surface area contributed by atoms with Gasteiger partial charge in [0.2, 0.25) is 10.0 Å². The maximum Gasteiger partial charge on any atom is 0.211 e. The smallest absolute Gasteiger partial charge is 0.211 e. The quantitative estimate of drug-likeness (QED) is 0.863. The van der Waals surface area contributed by atoms with Crippen molar-refractivity contribution in [2.24, 2.45) is 11.1 Å². The van der Waals surface area contributed by atoms with E-state index in [0.717, 1.165) is 18.4 Å².